The first-order chi connectivity index (χ1) is 15.2. The molecule has 0 aliphatic heterocycles. The number of allylic oxidation sites excluding steroid dienone is 3. The van der Waals surface area contributed by atoms with E-state index >= 15 is 0 Å². The second-order valence-corrected chi connectivity index (χ2v) is 12.8. The predicted molar refractivity (Wildman–Crippen MR) is 131 cm³/mol. The number of aliphatic hydroxyl groups excluding tert-OH is 1. The monoisotopic (exact) mass is 444 g/mol. The van der Waals surface area contributed by atoms with Gasteiger partial charge in [-0.05, 0) is 109 Å². The average Bonchev–Trinajstić information content (AvgIpc) is 3.11. The third kappa shape index (κ3) is 3.90. The summed E-state index contributed by atoms with van der Waals surface area (Å²) in [7, 11) is 0. The van der Waals surface area contributed by atoms with Crippen molar-refractivity contribution in [1.29, 1.82) is 0 Å². The van der Waals surface area contributed by atoms with Crippen molar-refractivity contribution in [1.82, 2.24) is 0 Å². The molecule has 10 atom stereocenters. The Labute approximate surface area is 196 Å². The number of hydrogen-bond acceptors (Lipinski definition) is 3. The van der Waals surface area contributed by atoms with Gasteiger partial charge in [-0.25, -0.2) is 4.89 Å². The molecule has 3 saturated carbocycles. The highest BCUT2D eigenvalue weighted by Gasteiger charge is 2.62. The van der Waals surface area contributed by atoms with E-state index in [9.17, 15) is 10.4 Å². The lowest BCUT2D eigenvalue weighted by Gasteiger charge is -2.60. The first-order valence-corrected chi connectivity index (χ1v) is 13.6. The Kier molecular flexibility index (Phi) is 6.92. The molecular weight excluding hydrogens is 396 g/mol. The fourth-order valence-electron chi connectivity index (χ4n) is 9.17. The van der Waals surface area contributed by atoms with Crippen LogP contribution in [0.3, 0.4) is 0 Å². The SMILES string of the molecule is CCC(CC[C@@H](C)[C@H]1CC[C@H]2[C@@H]3[C@H](OO)CC4C=C(O)C=C[C@]4(C)[C@H]3CC[C@]12C)C(C)C. The van der Waals surface area contributed by atoms with Crippen LogP contribution in [0.2, 0.25) is 0 Å². The van der Waals surface area contributed by atoms with Crippen LogP contribution in [0, 0.1) is 58.2 Å². The molecule has 3 fully saturated rings. The minimum absolute atomic E-state index is 0.0581. The van der Waals surface area contributed by atoms with Crippen LogP contribution in [0.1, 0.15) is 92.9 Å². The van der Waals surface area contributed by atoms with E-state index < -0.39 is 0 Å². The van der Waals surface area contributed by atoms with E-state index in [4.69, 9.17) is 4.89 Å². The van der Waals surface area contributed by atoms with Crippen molar-refractivity contribution in [3.8, 4) is 0 Å². The Hall–Kier alpha value is -0.800. The van der Waals surface area contributed by atoms with Crippen molar-refractivity contribution in [2.75, 3.05) is 0 Å². The second-order valence-electron chi connectivity index (χ2n) is 12.8. The molecule has 0 bridgehead atoms. The molecule has 0 saturated heterocycles. The molecule has 0 heterocycles. The first-order valence-electron chi connectivity index (χ1n) is 13.6. The second kappa shape index (κ2) is 9.10. The maximum atomic E-state index is 10.1. The molecule has 4 aliphatic carbocycles. The molecule has 3 heteroatoms. The van der Waals surface area contributed by atoms with E-state index in [1.807, 2.05) is 12.2 Å². The van der Waals surface area contributed by atoms with Gasteiger partial charge in [0.2, 0.25) is 0 Å². The smallest absolute Gasteiger partial charge is 0.111 e. The van der Waals surface area contributed by atoms with Gasteiger partial charge in [0.25, 0.3) is 0 Å². The van der Waals surface area contributed by atoms with Crippen LogP contribution >= 0.6 is 0 Å². The topological polar surface area (TPSA) is 49.7 Å². The van der Waals surface area contributed by atoms with Gasteiger partial charge in [-0.15, -0.1) is 0 Å². The van der Waals surface area contributed by atoms with Crippen molar-refractivity contribution in [2.45, 2.75) is 99.0 Å². The number of aliphatic hydroxyl groups is 1. The molecule has 0 aromatic heterocycles. The molecule has 4 rings (SSSR count). The highest BCUT2D eigenvalue weighted by Crippen LogP contribution is 2.67. The van der Waals surface area contributed by atoms with Gasteiger partial charge in [-0.1, -0.05) is 60.5 Å². The van der Waals surface area contributed by atoms with Crippen LogP contribution in [0.5, 0.6) is 0 Å². The lowest BCUT2D eigenvalue weighted by atomic mass is 9.45. The Morgan fingerprint density at radius 1 is 1.09 bits per heavy atom. The third-order valence-electron chi connectivity index (χ3n) is 11.2. The summed E-state index contributed by atoms with van der Waals surface area (Å²) >= 11 is 0. The maximum absolute atomic E-state index is 10.1. The summed E-state index contributed by atoms with van der Waals surface area (Å²) in [6.45, 7) is 14.6. The zero-order chi connectivity index (χ0) is 23.3. The number of hydrogen-bond donors (Lipinski definition) is 2. The van der Waals surface area contributed by atoms with E-state index in [0.717, 1.165) is 30.1 Å². The van der Waals surface area contributed by atoms with Crippen LogP contribution in [0.25, 0.3) is 0 Å². The molecule has 0 spiro atoms. The zero-order valence-electron chi connectivity index (χ0n) is 21.4. The van der Waals surface area contributed by atoms with Gasteiger partial charge < -0.3 is 5.11 Å². The van der Waals surface area contributed by atoms with Gasteiger partial charge in [0.05, 0.1) is 6.10 Å². The largest absolute Gasteiger partial charge is 0.508 e. The van der Waals surface area contributed by atoms with Crippen LogP contribution in [0.4, 0.5) is 0 Å². The van der Waals surface area contributed by atoms with Crippen LogP contribution < -0.4 is 0 Å². The lowest BCUT2D eigenvalue weighted by Crippen LogP contribution is -2.57. The zero-order valence-corrected chi connectivity index (χ0v) is 21.4. The van der Waals surface area contributed by atoms with Gasteiger partial charge in [0.1, 0.15) is 5.76 Å². The summed E-state index contributed by atoms with van der Waals surface area (Å²) in [4.78, 5) is 5.22. The normalized spacial score (nSPS) is 45.1. The highest BCUT2D eigenvalue weighted by molar-refractivity contribution is 5.28. The third-order valence-corrected chi connectivity index (χ3v) is 11.2. The Balaban J connectivity index is 1.54. The van der Waals surface area contributed by atoms with Crippen LogP contribution in [-0.2, 0) is 4.89 Å². The standard InChI is InChI=1S/C29H48O3/c1-7-20(18(2)3)9-8-19(4)23-10-11-24-27-25(13-15-29(23,24)6)28(5)14-12-22(30)16-21(28)17-26(27)32-31/h12,14,16,18-21,23-27,30-31H,7-11,13,15,17H2,1-6H3/t19-,20?,21?,23-,24+,25+,26-,27+,28+,29-/m1/s1. The summed E-state index contributed by atoms with van der Waals surface area (Å²) in [5.74, 6) is 5.35. The van der Waals surface area contributed by atoms with Gasteiger partial charge in [-0.2, -0.15) is 0 Å². The molecule has 0 aromatic rings. The maximum Gasteiger partial charge on any atom is 0.111 e. The van der Waals surface area contributed by atoms with Crippen LogP contribution in [0.15, 0.2) is 24.0 Å². The molecule has 2 N–H and O–H groups in total. The molecule has 182 valence electrons. The summed E-state index contributed by atoms with van der Waals surface area (Å²) in [5, 5.41) is 20.1. The molecule has 2 unspecified atom stereocenters. The minimum atomic E-state index is -0.113. The summed E-state index contributed by atoms with van der Waals surface area (Å²) in [6, 6.07) is 0. The first kappa shape index (κ1) is 24.3. The van der Waals surface area contributed by atoms with Crippen molar-refractivity contribution >= 4 is 0 Å². The van der Waals surface area contributed by atoms with E-state index in [-0.39, 0.29) is 17.4 Å². The summed E-state index contributed by atoms with van der Waals surface area (Å²) < 4.78 is 0. The fourth-order valence-corrected chi connectivity index (χ4v) is 9.17. The van der Waals surface area contributed by atoms with Crippen LogP contribution in [-0.4, -0.2) is 16.5 Å². The molecule has 0 amide bonds. The molecule has 32 heavy (non-hydrogen) atoms. The average molecular weight is 445 g/mol. The summed E-state index contributed by atoms with van der Waals surface area (Å²) in [5.41, 5.74) is 0.416. The Bertz CT molecular complexity index is 726. The van der Waals surface area contributed by atoms with E-state index in [2.05, 4.69) is 47.6 Å². The lowest BCUT2D eigenvalue weighted by molar-refractivity contribution is -0.319. The Morgan fingerprint density at radius 3 is 2.50 bits per heavy atom. The van der Waals surface area contributed by atoms with Crippen molar-refractivity contribution < 1.29 is 15.3 Å². The molecule has 0 radical (unpaired) electrons. The minimum Gasteiger partial charge on any atom is -0.508 e. The number of fused-ring (bicyclic) bond motifs is 5. The van der Waals surface area contributed by atoms with Crippen molar-refractivity contribution in [3.63, 3.8) is 0 Å². The molecule has 4 aliphatic rings. The van der Waals surface area contributed by atoms with E-state index in [0.29, 0.717) is 28.9 Å². The predicted octanol–water partition coefficient (Wildman–Crippen LogP) is 8.04. The van der Waals surface area contributed by atoms with Crippen molar-refractivity contribution in [3.05, 3.63) is 24.0 Å². The van der Waals surface area contributed by atoms with Gasteiger partial charge in [0, 0.05) is 0 Å². The van der Waals surface area contributed by atoms with E-state index in [1.54, 1.807) is 0 Å². The quantitative estimate of drug-likeness (QED) is 0.308. The van der Waals surface area contributed by atoms with Gasteiger partial charge >= 0.3 is 0 Å². The van der Waals surface area contributed by atoms with E-state index in [1.165, 1.54) is 44.9 Å². The van der Waals surface area contributed by atoms with Crippen molar-refractivity contribution in [2.24, 2.45) is 58.2 Å². The molecule has 3 nitrogen and oxygen atoms in total. The fraction of sp³-hybridized carbons (Fsp3) is 0.862. The number of rotatable bonds is 7. The Morgan fingerprint density at radius 2 is 1.84 bits per heavy atom. The molecule has 0 aromatic carbocycles. The highest BCUT2D eigenvalue weighted by atomic mass is 17.1. The molecular formula is C29H48O3. The van der Waals surface area contributed by atoms with Gasteiger partial charge in [0.15, 0.2) is 0 Å². The summed E-state index contributed by atoms with van der Waals surface area (Å²) in [6.07, 6.45) is 16.0. The van der Waals surface area contributed by atoms with Gasteiger partial charge in [-0.3, -0.25) is 5.26 Å².